The zero-order valence-corrected chi connectivity index (χ0v) is 9.68. The lowest BCUT2D eigenvalue weighted by molar-refractivity contribution is -0.155. The summed E-state index contributed by atoms with van der Waals surface area (Å²) < 4.78 is 10.9. The van der Waals surface area contributed by atoms with Gasteiger partial charge < -0.3 is 19.7 Å². The number of hydrogen-bond donors (Lipinski definition) is 2. The van der Waals surface area contributed by atoms with Gasteiger partial charge in [-0.3, -0.25) is 0 Å². The smallest absolute Gasteiger partial charge is 0.157 e. The molecule has 0 aliphatic carbocycles. The SMILES string of the molecule is OCC(CO)CC=CCOC1CCCCO1. The van der Waals surface area contributed by atoms with E-state index in [0.29, 0.717) is 13.0 Å². The summed E-state index contributed by atoms with van der Waals surface area (Å²) in [5, 5.41) is 17.7. The number of aliphatic hydroxyl groups is 2. The van der Waals surface area contributed by atoms with E-state index in [1.165, 1.54) is 6.42 Å². The lowest BCUT2D eigenvalue weighted by atomic mass is 10.1. The van der Waals surface area contributed by atoms with Crippen molar-refractivity contribution in [2.45, 2.75) is 32.0 Å². The zero-order valence-electron chi connectivity index (χ0n) is 9.68. The molecule has 0 bridgehead atoms. The minimum absolute atomic E-state index is 0.0213. The van der Waals surface area contributed by atoms with Gasteiger partial charge >= 0.3 is 0 Å². The van der Waals surface area contributed by atoms with Crippen molar-refractivity contribution >= 4 is 0 Å². The van der Waals surface area contributed by atoms with Gasteiger partial charge in [0, 0.05) is 25.7 Å². The molecule has 4 nitrogen and oxygen atoms in total. The van der Waals surface area contributed by atoms with Crippen LogP contribution in [0.3, 0.4) is 0 Å². The van der Waals surface area contributed by atoms with Gasteiger partial charge in [0.2, 0.25) is 0 Å². The van der Waals surface area contributed by atoms with E-state index in [1.54, 1.807) is 0 Å². The highest BCUT2D eigenvalue weighted by molar-refractivity contribution is 4.84. The van der Waals surface area contributed by atoms with E-state index in [4.69, 9.17) is 19.7 Å². The zero-order chi connectivity index (χ0) is 11.6. The molecule has 0 aromatic heterocycles. The van der Waals surface area contributed by atoms with Crippen LogP contribution in [0.25, 0.3) is 0 Å². The van der Waals surface area contributed by atoms with Crippen LogP contribution in [-0.2, 0) is 9.47 Å². The molecule has 1 aliphatic heterocycles. The maximum atomic E-state index is 8.84. The Labute approximate surface area is 96.9 Å². The number of allylic oxidation sites excluding steroid dienone is 1. The molecule has 0 spiro atoms. The van der Waals surface area contributed by atoms with Crippen LogP contribution in [0.4, 0.5) is 0 Å². The average molecular weight is 230 g/mol. The first kappa shape index (κ1) is 13.6. The van der Waals surface area contributed by atoms with Gasteiger partial charge in [-0.1, -0.05) is 12.2 Å². The molecule has 0 radical (unpaired) electrons. The monoisotopic (exact) mass is 230 g/mol. The first-order valence-corrected chi connectivity index (χ1v) is 5.96. The molecule has 0 aromatic carbocycles. The van der Waals surface area contributed by atoms with Crippen molar-refractivity contribution in [3.63, 3.8) is 0 Å². The Morgan fingerprint density at radius 2 is 2.06 bits per heavy atom. The molecule has 1 heterocycles. The molecular formula is C12H22O4. The summed E-state index contributed by atoms with van der Waals surface area (Å²) in [6.45, 7) is 1.38. The molecule has 1 aliphatic rings. The normalized spacial score (nSPS) is 22.1. The van der Waals surface area contributed by atoms with E-state index in [9.17, 15) is 0 Å². The average Bonchev–Trinajstić information content (AvgIpc) is 2.35. The third-order valence-electron chi connectivity index (χ3n) is 2.67. The van der Waals surface area contributed by atoms with E-state index in [-0.39, 0.29) is 25.4 Å². The van der Waals surface area contributed by atoms with Crippen LogP contribution in [-0.4, -0.2) is 42.9 Å². The molecule has 1 atom stereocenters. The quantitative estimate of drug-likeness (QED) is 0.642. The highest BCUT2D eigenvalue weighted by Crippen LogP contribution is 2.13. The van der Waals surface area contributed by atoms with Gasteiger partial charge in [0.25, 0.3) is 0 Å². The number of ether oxygens (including phenoxy) is 2. The van der Waals surface area contributed by atoms with E-state index < -0.39 is 0 Å². The summed E-state index contributed by atoms with van der Waals surface area (Å²) in [6, 6.07) is 0. The number of hydrogen-bond acceptors (Lipinski definition) is 4. The Morgan fingerprint density at radius 1 is 1.25 bits per heavy atom. The number of aliphatic hydroxyl groups excluding tert-OH is 2. The molecule has 0 aromatic rings. The Hall–Kier alpha value is -0.420. The maximum Gasteiger partial charge on any atom is 0.157 e. The van der Waals surface area contributed by atoms with Crippen LogP contribution in [0.1, 0.15) is 25.7 Å². The first-order chi connectivity index (χ1) is 7.86. The van der Waals surface area contributed by atoms with Crippen molar-refractivity contribution in [1.29, 1.82) is 0 Å². The summed E-state index contributed by atoms with van der Waals surface area (Å²) in [7, 11) is 0. The molecule has 0 saturated carbocycles. The van der Waals surface area contributed by atoms with Crippen molar-refractivity contribution in [3.8, 4) is 0 Å². The minimum Gasteiger partial charge on any atom is -0.396 e. The van der Waals surface area contributed by atoms with Gasteiger partial charge in [-0.15, -0.1) is 0 Å². The maximum absolute atomic E-state index is 8.84. The van der Waals surface area contributed by atoms with Crippen molar-refractivity contribution in [3.05, 3.63) is 12.2 Å². The lowest BCUT2D eigenvalue weighted by Gasteiger charge is -2.21. The van der Waals surface area contributed by atoms with Gasteiger partial charge in [0.1, 0.15) is 0 Å². The van der Waals surface area contributed by atoms with E-state index in [0.717, 1.165) is 19.4 Å². The van der Waals surface area contributed by atoms with Crippen LogP contribution in [0.5, 0.6) is 0 Å². The van der Waals surface area contributed by atoms with Crippen LogP contribution in [0.2, 0.25) is 0 Å². The van der Waals surface area contributed by atoms with E-state index >= 15 is 0 Å². The lowest BCUT2D eigenvalue weighted by Crippen LogP contribution is -2.22. The van der Waals surface area contributed by atoms with Crippen molar-refractivity contribution < 1.29 is 19.7 Å². The topological polar surface area (TPSA) is 58.9 Å². The van der Waals surface area contributed by atoms with E-state index in [1.807, 2.05) is 12.2 Å². The summed E-state index contributed by atoms with van der Waals surface area (Å²) in [5.41, 5.74) is 0. The van der Waals surface area contributed by atoms with Gasteiger partial charge in [-0.05, 0) is 25.7 Å². The standard InChI is InChI=1S/C12H22O4/c13-9-11(10-14)5-1-3-7-15-12-6-2-4-8-16-12/h1,3,11-14H,2,4-10H2. The Kier molecular flexibility index (Phi) is 7.42. The van der Waals surface area contributed by atoms with Crippen LogP contribution >= 0.6 is 0 Å². The third kappa shape index (κ3) is 5.61. The summed E-state index contributed by atoms with van der Waals surface area (Å²) >= 11 is 0. The van der Waals surface area contributed by atoms with Gasteiger partial charge in [0.15, 0.2) is 6.29 Å². The van der Waals surface area contributed by atoms with Crippen molar-refractivity contribution in [2.24, 2.45) is 5.92 Å². The largest absolute Gasteiger partial charge is 0.396 e. The van der Waals surface area contributed by atoms with Crippen LogP contribution < -0.4 is 0 Å². The van der Waals surface area contributed by atoms with E-state index in [2.05, 4.69) is 0 Å². The molecule has 1 fully saturated rings. The second kappa shape index (κ2) is 8.70. The predicted molar refractivity (Wildman–Crippen MR) is 61.0 cm³/mol. The van der Waals surface area contributed by atoms with Gasteiger partial charge in [0.05, 0.1) is 6.61 Å². The minimum atomic E-state index is -0.0535. The molecule has 2 N–H and O–H groups in total. The summed E-state index contributed by atoms with van der Waals surface area (Å²) in [4.78, 5) is 0. The fraction of sp³-hybridized carbons (Fsp3) is 0.833. The highest BCUT2D eigenvalue weighted by Gasteiger charge is 2.12. The summed E-state index contributed by atoms with van der Waals surface area (Å²) in [6.07, 6.45) is 7.75. The molecule has 0 amide bonds. The summed E-state index contributed by atoms with van der Waals surface area (Å²) in [5.74, 6) is -0.0535. The molecule has 1 saturated heterocycles. The van der Waals surface area contributed by atoms with Crippen molar-refractivity contribution in [1.82, 2.24) is 0 Å². The Bertz CT molecular complexity index is 183. The van der Waals surface area contributed by atoms with Crippen LogP contribution in [0.15, 0.2) is 12.2 Å². The number of rotatable bonds is 7. The van der Waals surface area contributed by atoms with Gasteiger partial charge in [-0.2, -0.15) is 0 Å². The molecule has 1 unspecified atom stereocenters. The first-order valence-electron chi connectivity index (χ1n) is 5.96. The second-order valence-electron chi connectivity index (χ2n) is 4.07. The predicted octanol–water partition coefficient (Wildman–Crippen LogP) is 1.08. The Balaban J connectivity index is 2.02. The van der Waals surface area contributed by atoms with Gasteiger partial charge in [-0.25, -0.2) is 0 Å². The third-order valence-corrected chi connectivity index (χ3v) is 2.67. The fourth-order valence-electron chi connectivity index (χ4n) is 1.57. The second-order valence-corrected chi connectivity index (χ2v) is 4.07. The highest BCUT2D eigenvalue weighted by atomic mass is 16.7. The molecule has 94 valence electrons. The van der Waals surface area contributed by atoms with Crippen molar-refractivity contribution in [2.75, 3.05) is 26.4 Å². The Morgan fingerprint density at radius 3 is 2.69 bits per heavy atom. The molecule has 16 heavy (non-hydrogen) atoms. The molecule has 1 rings (SSSR count). The molecular weight excluding hydrogens is 208 g/mol. The fourth-order valence-corrected chi connectivity index (χ4v) is 1.57. The molecule has 4 heteroatoms. The van der Waals surface area contributed by atoms with Crippen LogP contribution in [0, 0.1) is 5.92 Å².